The summed E-state index contributed by atoms with van der Waals surface area (Å²) in [6.07, 6.45) is 1.22. The van der Waals surface area contributed by atoms with Crippen molar-refractivity contribution < 1.29 is 9.90 Å². The van der Waals surface area contributed by atoms with Crippen LogP contribution in [0.5, 0.6) is 0 Å². The first-order valence-electron chi connectivity index (χ1n) is 5.57. The van der Waals surface area contributed by atoms with Crippen LogP contribution in [0.2, 0.25) is 0 Å². The number of amides is 1. The first-order valence-corrected chi connectivity index (χ1v) is 5.57. The van der Waals surface area contributed by atoms with Gasteiger partial charge in [0.1, 0.15) is 0 Å². The lowest BCUT2D eigenvalue weighted by Crippen LogP contribution is -2.55. The molecule has 0 fully saturated rings. The smallest absolute Gasteiger partial charge is 0.242 e. The lowest BCUT2D eigenvalue weighted by atomic mass is 9.97. The fraction of sp³-hybridized carbons (Fsp3) is 0.909. The molecule has 0 spiro atoms. The van der Waals surface area contributed by atoms with Gasteiger partial charge in [-0.3, -0.25) is 4.79 Å². The number of hydrogen-bond donors (Lipinski definition) is 2. The molecule has 0 aromatic carbocycles. The van der Waals surface area contributed by atoms with E-state index in [1.54, 1.807) is 11.8 Å². The Morgan fingerprint density at radius 1 is 1.53 bits per heavy atom. The van der Waals surface area contributed by atoms with Crippen LogP contribution in [0.4, 0.5) is 0 Å². The minimum atomic E-state index is -0.792. The van der Waals surface area contributed by atoms with E-state index >= 15 is 0 Å². The van der Waals surface area contributed by atoms with Gasteiger partial charge in [0, 0.05) is 19.2 Å². The van der Waals surface area contributed by atoms with Gasteiger partial charge in [-0.2, -0.15) is 0 Å². The summed E-state index contributed by atoms with van der Waals surface area (Å²) < 4.78 is 0. The fourth-order valence-electron chi connectivity index (χ4n) is 1.31. The van der Waals surface area contributed by atoms with Gasteiger partial charge in [0.25, 0.3) is 0 Å². The van der Waals surface area contributed by atoms with Crippen molar-refractivity contribution in [3.05, 3.63) is 0 Å². The molecule has 0 bridgehead atoms. The molecule has 4 heteroatoms. The minimum Gasteiger partial charge on any atom is -0.396 e. The Kier molecular flexibility index (Phi) is 5.83. The van der Waals surface area contributed by atoms with Crippen molar-refractivity contribution in [2.75, 3.05) is 13.2 Å². The third kappa shape index (κ3) is 4.18. The van der Waals surface area contributed by atoms with Crippen molar-refractivity contribution in [3.8, 4) is 0 Å². The Hall–Kier alpha value is -0.610. The highest BCUT2D eigenvalue weighted by Crippen LogP contribution is 2.13. The van der Waals surface area contributed by atoms with Crippen LogP contribution in [0, 0.1) is 0 Å². The molecule has 0 aliphatic carbocycles. The highest BCUT2D eigenvalue weighted by Gasteiger charge is 2.31. The molecule has 4 nitrogen and oxygen atoms in total. The normalized spacial score (nSPS) is 15.1. The molecule has 3 N–H and O–H groups in total. The molecule has 0 aliphatic heterocycles. The Bertz CT molecular complexity index is 203. The minimum absolute atomic E-state index is 0.0338. The number of nitrogens with zero attached hydrogens (tertiary/aromatic N) is 1. The lowest BCUT2D eigenvalue weighted by molar-refractivity contribution is -0.138. The topological polar surface area (TPSA) is 66.6 Å². The Balaban J connectivity index is 4.55. The molecule has 0 saturated carbocycles. The van der Waals surface area contributed by atoms with Crippen molar-refractivity contribution >= 4 is 5.91 Å². The maximum atomic E-state index is 12.1. The van der Waals surface area contributed by atoms with E-state index in [-0.39, 0.29) is 18.6 Å². The van der Waals surface area contributed by atoms with E-state index in [0.717, 1.165) is 0 Å². The van der Waals surface area contributed by atoms with Gasteiger partial charge in [-0.15, -0.1) is 0 Å². The van der Waals surface area contributed by atoms with E-state index in [9.17, 15) is 4.79 Å². The molecular formula is C11H24N2O2. The van der Waals surface area contributed by atoms with E-state index in [2.05, 4.69) is 0 Å². The second-order valence-electron chi connectivity index (χ2n) is 4.44. The van der Waals surface area contributed by atoms with Crippen LogP contribution in [0.25, 0.3) is 0 Å². The summed E-state index contributed by atoms with van der Waals surface area (Å²) in [5.74, 6) is -0.0338. The maximum Gasteiger partial charge on any atom is 0.242 e. The molecule has 0 heterocycles. The van der Waals surface area contributed by atoms with Crippen molar-refractivity contribution in [2.45, 2.75) is 52.1 Å². The zero-order valence-corrected chi connectivity index (χ0v) is 10.3. The summed E-state index contributed by atoms with van der Waals surface area (Å²) in [4.78, 5) is 13.8. The fourth-order valence-corrected chi connectivity index (χ4v) is 1.31. The molecule has 0 rings (SSSR count). The number of carbonyl (C=O) groups is 1. The molecule has 0 aromatic heterocycles. The lowest BCUT2D eigenvalue weighted by Gasteiger charge is -2.33. The molecule has 1 atom stereocenters. The van der Waals surface area contributed by atoms with Crippen LogP contribution in [-0.4, -0.2) is 40.6 Å². The van der Waals surface area contributed by atoms with Gasteiger partial charge in [0.2, 0.25) is 5.91 Å². The maximum absolute atomic E-state index is 12.1. The third-order valence-electron chi connectivity index (χ3n) is 2.66. The van der Waals surface area contributed by atoms with Gasteiger partial charge < -0.3 is 15.7 Å². The largest absolute Gasteiger partial charge is 0.396 e. The zero-order chi connectivity index (χ0) is 12.1. The van der Waals surface area contributed by atoms with Crippen LogP contribution < -0.4 is 5.73 Å². The second kappa shape index (κ2) is 6.08. The van der Waals surface area contributed by atoms with Crippen molar-refractivity contribution in [1.82, 2.24) is 4.90 Å². The number of aliphatic hydroxyl groups excluding tert-OH is 1. The van der Waals surface area contributed by atoms with Gasteiger partial charge in [0.05, 0.1) is 5.54 Å². The second-order valence-corrected chi connectivity index (χ2v) is 4.44. The predicted molar refractivity (Wildman–Crippen MR) is 61.4 cm³/mol. The van der Waals surface area contributed by atoms with Crippen LogP contribution in [0.1, 0.15) is 40.5 Å². The summed E-state index contributed by atoms with van der Waals surface area (Å²) in [6.45, 7) is 8.25. The van der Waals surface area contributed by atoms with Crippen LogP contribution in [-0.2, 0) is 4.79 Å². The number of hydrogen-bond acceptors (Lipinski definition) is 3. The average molecular weight is 216 g/mol. The zero-order valence-electron chi connectivity index (χ0n) is 10.3. The van der Waals surface area contributed by atoms with Crippen LogP contribution in [0.3, 0.4) is 0 Å². The Labute approximate surface area is 92.4 Å². The predicted octanol–water partition coefficient (Wildman–Crippen LogP) is 0.733. The molecule has 1 amide bonds. The highest BCUT2D eigenvalue weighted by atomic mass is 16.3. The first-order chi connectivity index (χ1) is 6.86. The Morgan fingerprint density at radius 2 is 2.07 bits per heavy atom. The quantitative estimate of drug-likeness (QED) is 0.688. The number of carbonyl (C=O) groups excluding carboxylic acids is 1. The van der Waals surface area contributed by atoms with E-state index in [1.165, 1.54) is 0 Å². The van der Waals surface area contributed by atoms with E-state index in [4.69, 9.17) is 10.8 Å². The van der Waals surface area contributed by atoms with Gasteiger partial charge >= 0.3 is 0 Å². The number of nitrogens with two attached hydrogens (primary N) is 1. The molecule has 1 unspecified atom stereocenters. The molecule has 90 valence electrons. The van der Waals surface area contributed by atoms with E-state index < -0.39 is 5.54 Å². The number of rotatable bonds is 6. The monoisotopic (exact) mass is 216 g/mol. The molecule has 0 aliphatic rings. The SMILES string of the molecule is CCC(C)(N)C(=O)N(CCCO)C(C)C. The number of aliphatic hydroxyl groups is 1. The standard InChI is InChI=1S/C11H24N2O2/c1-5-11(4,12)10(15)13(9(2)3)7-6-8-14/h9,14H,5-8,12H2,1-4H3. The molecule has 0 radical (unpaired) electrons. The molecular weight excluding hydrogens is 192 g/mol. The first kappa shape index (κ1) is 14.4. The highest BCUT2D eigenvalue weighted by molar-refractivity contribution is 5.85. The van der Waals surface area contributed by atoms with Crippen molar-refractivity contribution in [1.29, 1.82) is 0 Å². The van der Waals surface area contributed by atoms with E-state index in [0.29, 0.717) is 19.4 Å². The molecule has 0 aromatic rings. The van der Waals surface area contributed by atoms with Gasteiger partial charge in [0.15, 0.2) is 0 Å². The third-order valence-corrected chi connectivity index (χ3v) is 2.66. The summed E-state index contributed by atoms with van der Waals surface area (Å²) in [5, 5.41) is 8.77. The molecule has 15 heavy (non-hydrogen) atoms. The van der Waals surface area contributed by atoms with Crippen LogP contribution in [0.15, 0.2) is 0 Å². The summed E-state index contributed by atoms with van der Waals surface area (Å²) >= 11 is 0. The van der Waals surface area contributed by atoms with E-state index in [1.807, 2.05) is 20.8 Å². The van der Waals surface area contributed by atoms with Gasteiger partial charge in [-0.05, 0) is 33.6 Å². The van der Waals surface area contributed by atoms with Crippen molar-refractivity contribution in [2.24, 2.45) is 5.73 Å². The summed E-state index contributed by atoms with van der Waals surface area (Å²) in [5.41, 5.74) is 5.12. The van der Waals surface area contributed by atoms with Gasteiger partial charge in [-0.25, -0.2) is 0 Å². The summed E-state index contributed by atoms with van der Waals surface area (Å²) in [7, 11) is 0. The van der Waals surface area contributed by atoms with Gasteiger partial charge in [-0.1, -0.05) is 6.92 Å². The van der Waals surface area contributed by atoms with Crippen LogP contribution >= 0.6 is 0 Å². The molecule has 0 saturated heterocycles. The Morgan fingerprint density at radius 3 is 2.40 bits per heavy atom. The van der Waals surface area contributed by atoms with Crippen molar-refractivity contribution in [3.63, 3.8) is 0 Å². The average Bonchev–Trinajstić information content (AvgIpc) is 2.17. The summed E-state index contributed by atoms with van der Waals surface area (Å²) in [6, 6.07) is 0.124.